The van der Waals surface area contributed by atoms with E-state index in [1.54, 1.807) is 42.5 Å². The van der Waals surface area contributed by atoms with Gasteiger partial charge in [0.1, 0.15) is 5.75 Å². The van der Waals surface area contributed by atoms with Crippen LogP contribution in [-0.4, -0.2) is 13.5 Å². The molecule has 0 saturated heterocycles. The molecule has 0 bridgehead atoms. The molecule has 0 radical (unpaired) electrons. The first-order valence-electron chi connectivity index (χ1n) is 4.71. The Hall–Kier alpha value is -1.81. The Bertz CT molecular complexity index is 580. The SMILES string of the molecule is O=[SH](=O)c1cccc(-c2ccccc2O)c1. The summed E-state index contributed by atoms with van der Waals surface area (Å²) in [7, 11) is -2.59. The molecule has 2 rings (SSSR count). The highest BCUT2D eigenvalue weighted by molar-refractivity contribution is 7.72. The van der Waals surface area contributed by atoms with E-state index in [0.29, 0.717) is 11.1 Å². The van der Waals surface area contributed by atoms with Crippen molar-refractivity contribution in [2.45, 2.75) is 4.90 Å². The van der Waals surface area contributed by atoms with Gasteiger partial charge in [0, 0.05) is 5.56 Å². The van der Waals surface area contributed by atoms with Crippen LogP contribution in [0.4, 0.5) is 0 Å². The van der Waals surface area contributed by atoms with Gasteiger partial charge in [0.15, 0.2) is 10.7 Å². The van der Waals surface area contributed by atoms with Crippen LogP contribution < -0.4 is 0 Å². The van der Waals surface area contributed by atoms with Crippen molar-refractivity contribution in [2.75, 3.05) is 0 Å². The zero-order valence-corrected chi connectivity index (χ0v) is 9.22. The fraction of sp³-hybridized carbons (Fsp3) is 0. The molecule has 0 heterocycles. The van der Waals surface area contributed by atoms with Crippen molar-refractivity contribution in [3.8, 4) is 16.9 Å². The van der Waals surface area contributed by atoms with E-state index in [0.717, 1.165) is 0 Å². The molecule has 0 aromatic heterocycles. The average Bonchev–Trinajstić information content (AvgIpc) is 2.30. The normalized spacial score (nSPS) is 10.6. The van der Waals surface area contributed by atoms with E-state index >= 15 is 0 Å². The van der Waals surface area contributed by atoms with Crippen molar-refractivity contribution < 1.29 is 13.5 Å². The highest BCUT2D eigenvalue weighted by Crippen LogP contribution is 2.29. The molecule has 2 aromatic carbocycles. The summed E-state index contributed by atoms with van der Waals surface area (Å²) >= 11 is 0. The number of thiol groups is 1. The van der Waals surface area contributed by atoms with Crippen LogP contribution in [0.25, 0.3) is 11.1 Å². The predicted molar refractivity (Wildman–Crippen MR) is 62.1 cm³/mol. The van der Waals surface area contributed by atoms with E-state index < -0.39 is 10.7 Å². The van der Waals surface area contributed by atoms with Crippen LogP contribution in [0.2, 0.25) is 0 Å². The molecule has 0 atom stereocenters. The first kappa shape index (κ1) is 10.7. The molecule has 1 N–H and O–H groups in total. The van der Waals surface area contributed by atoms with Crippen LogP contribution in [0.3, 0.4) is 0 Å². The zero-order chi connectivity index (χ0) is 11.5. The molecule has 4 heteroatoms. The van der Waals surface area contributed by atoms with Crippen molar-refractivity contribution in [2.24, 2.45) is 0 Å². The van der Waals surface area contributed by atoms with Gasteiger partial charge in [-0.15, -0.1) is 0 Å². The number of benzene rings is 2. The summed E-state index contributed by atoms with van der Waals surface area (Å²) in [6, 6.07) is 13.3. The Balaban J connectivity index is 2.57. The molecule has 0 aliphatic carbocycles. The van der Waals surface area contributed by atoms with Crippen molar-refractivity contribution >= 4 is 10.7 Å². The van der Waals surface area contributed by atoms with E-state index in [2.05, 4.69) is 0 Å². The lowest BCUT2D eigenvalue weighted by molar-refractivity contribution is 0.477. The second-order valence-corrected chi connectivity index (χ2v) is 4.36. The Morgan fingerprint density at radius 3 is 2.38 bits per heavy atom. The van der Waals surface area contributed by atoms with Gasteiger partial charge < -0.3 is 5.11 Å². The van der Waals surface area contributed by atoms with E-state index in [9.17, 15) is 13.5 Å². The third kappa shape index (κ3) is 2.06. The summed E-state index contributed by atoms with van der Waals surface area (Å²) in [5.74, 6) is 0.140. The first-order valence-corrected chi connectivity index (χ1v) is 5.89. The lowest BCUT2D eigenvalue weighted by atomic mass is 10.1. The third-order valence-electron chi connectivity index (χ3n) is 2.27. The maximum atomic E-state index is 10.8. The standard InChI is InChI=1S/C12H10O3S/c13-12-7-2-1-6-11(12)9-4-3-5-10(8-9)16(14)15/h1-8,13,16H. The number of phenols is 1. The van der Waals surface area contributed by atoms with Crippen LogP contribution in [0.15, 0.2) is 53.4 Å². The number of para-hydroxylation sites is 1. The predicted octanol–water partition coefficient (Wildman–Crippen LogP) is 2.03. The summed E-state index contributed by atoms with van der Waals surface area (Å²) in [6.45, 7) is 0. The first-order chi connectivity index (χ1) is 7.68. The van der Waals surface area contributed by atoms with Crippen LogP contribution in [0.5, 0.6) is 5.75 Å². The fourth-order valence-electron chi connectivity index (χ4n) is 1.50. The summed E-state index contributed by atoms with van der Waals surface area (Å²) in [5.41, 5.74) is 1.32. The minimum atomic E-state index is -2.59. The van der Waals surface area contributed by atoms with Gasteiger partial charge in [-0.2, -0.15) is 0 Å². The molecule has 82 valence electrons. The van der Waals surface area contributed by atoms with Gasteiger partial charge in [0.25, 0.3) is 0 Å². The molecule has 0 unspecified atom stereocenters. The maximum Gasteiger partial charge on any atom is 0.168 e. The molecule has 16 heavy (non-hydrogen) atoms. The lowest BCUT2D eigenvalue weighted by Crippen LogP contribution is -1.83. The molecule has 3 nitrogen and oxygen atoms in total. The smallest absolute Gasteiger partial charge is 0.168 e. The van der Waals surface area contributed by atoms with E-state index in [-0.39, 0.29) is 10.6 Å². The lowest BCUT2D eigenvalue weighted by Gasteiger charge is -2.04. The minimum Gasteiger partial charge on any atom is -0.507 e. The van der Waals surface area contributed by atoms with Gasteiger partial charge in [-0.25, -0.2) is 8.42 Å². The summed E-state index contributed by atoms with van der Waals surface area (Å²) < 4.78 is 21.7. The van der Waals surface area contributed by atoms with Gasteiger partial charge in [0.05, 0.1) is 4.90 Å². The maximum absolute atomic E-state index is 10.8. The van der Waals surface area contributed by atoms with Crippen molar-refractivity contribution in [3.05, 3.63) is 48.5 Å². The number of hydrogen-bond donors (Lipinski definition) is 2. The molecular formula is C12H10O3S. The Labute approximate surface area is 94.9 Å². The molecule has 0 spiro atoms. The van der Waals surface area contributed by atoms with Crippen molar-refractivity contribution in [3.63, 3.8) is 0 Å². The van der Waals surface area contributed by atoms with Gasteiger partial charge in [-0.3, -0.25) is 0 Å². The zero-order valence-electron chi connectivity index (χ0n) is 8.33. The van der Waals surface area contributed by atoms with Gasteiger partial charge in [0.2, 0.25) is 0 Å². The second-order valence-electron chi connectivity index (χ2n) is 3.32. The van der Waals surface area contributed by atoms with Crippen LogP contribution >= 0.6 is 0 Å². The van der Waals surface area contributed by atoms with E-state index in [1.165, 1.54) is 6.07 Å². The monoisotopic (exact) mass is 234 g/mol. The van der Waals surface area contributed by atoms with Crippen LogP contribution in [0.1, 0.15) is 0 Å². The number of aromatic hydroxyl groups is 1. The highest BCUT2D eigenvalue weighted by Gasteiger charge is 2.04. The molecule has 0 aliphatic rings. The fourth-order valence-corrected chi connectivity index (χ4v) is 1.96. The molecule has 0 fully saturated rings. The van der Waals surface area contributed by atoms with Gasteiger partial charge in [-0.05, 0) is 23.8 Å². The molecule has 0 aliphatic heterocycles. The molecule has 0 amide bonds. The third-order valence-corrected chi connectivity index (χ3v) is 2.97. The number of hydrogen-bond acceptors (Lipinski definition) is 3. The summed E-state index contributed by atoms with van der Waals surface area (Å²) in [6.07, 6.45) is 0. The summed E-state index contributed by atoms with van der Waals surface area (Å²) in [5, 5.41) is 9.64. The van der Waals surface area contributed by atoms with E-state index in [1.807, 2.05) is 0 Å². The highest BCUT2D eigenvalue weighted by atomic mass is 32.2. The van der Waals surface area contributed by atoms with Crippen molar-refractivity contribution in [1.82, 2.24) is 0 Å². The topological polar surface area (TPSA) is 54.4 Å². The second kappa shape index (κ2) is 4.37. The van der Waals surface area contributed by atoms with Crippen LogP contribution in [0, 0.1) is 0 Å². The molecule has 0 saturated carbocycles. The van der Waals surface area contributed by atoms with Crippen molar-refractivity contribution in [1.29, 1.82) is 0 Å². The van der Waals surface area contributed by atoms with E-state index in [4.69, 9.17) is 0 Å². The van der Waals surface area contributed by atoms with Gasteiger partial charge in [-0.1, -0.05) is 30.3 Å². The Morgan fingerprint density at radius 2 is 1.69 bits per heavy atom. The number of phenolic OH excluding ortho intramolecular Hbond substituents is 1. The Kier molecular flexibility index (Phi) is 2.92. The quantitative estimate of drug-likeness (QED) is 0.782. The molecule has 2 aromatic rings. The van der Waals surface area contributed by atoms with Gasteiger partial charge >= 0.3 is 0 Å². The largest absolute Gasteiger partial charge is 0.507 e. The Morgan fingerprint density at radius 1 is 0.938 bits per heavy atom. The minimum absolute atomic E-state index is 0.140. The summed E-state index contributed by atoms with van der Waals surface area (Å²) in [4.78, 5) is 0.246. The molecular weight excluding hydrogens is 224 g/mol. The van der Waals surface area contributed by atoms with Crippen LogP contribution in [-0.2, 0) is 10.7 Å². The average molecular weight is 234 g/mol. The number of rotatable bonds is 2.